The Morgan fingerprint density at radius 1 is 1.86 bits per heavy atom. The molecule has 1 fully saturated rings. The van der Waals surface area contributed by atoms with Crippen LogP contribution in [0.25, 0.3) is 0 Å². The highest BCUT2D eigenvalue weighted by Gasteiger charge is 2.25. The Kier molecular flexibility index (Phi) is 1.70. The lowest BCUT2D eigenvalue weighted by Crippen LogP contribution is -2.38. The molecule has 1 aliphatic rings. The SMILES string of the molecule is CC1OCC1CBr. The van der Waals surface area contributed by atoms with Crippen molar-refractivity contribution in [3.05, 3.63) is 0 Å². The molecule has 2 atom stereocenters. The molecule has 0 aromatic carbocycles. The van der Waals surface area contributed by atoms with E-state index < -0.39 is 0 Å². The topological polar surface area (TPSA) is 9.23 Å². The summed E-state index contributed by atoms with van der Waals surface area (Å²) < 4.78 is 5.10. The van der Waals surface area contributed by atoms with Gasteiger partial charge in [-0.2, -0.15) is 0 Å². The van der Waals surface area contributed by atoms with Gasteiger partial charge in [0, 0.05) is 11.2 Å². The van der Waals surface area contributed by atoms with Gasteiger partial charge in [0.15, 0.2) is 0 Å². The largest absolute Gasteiger partial charge is 0.378 e. The van der Waals surface area contributed by atoms with E-state index >= 15 is 0 Å². The Bertz CT molecular complexity index is 63.1. The Morgan fingerprint density at radius 3 is 2.57 bits per heavy atom. The van der Waals surface area contributed by atoms with Gasteiger partial charge < -0.3 is 4.74 Å². The van der Waals surface area contributed by atoms with Crippen LogP contribution in [-0.2, 0) is 4.74 Å². The van der Waals surface area contributed by atoms with Crippen LogP contribution in [0.1, 0.15) is 6.92 Å². The molecule has 0 aliphatic carbocycles. The van der Waals surface area contributed by atoms with Crippen LogP contribution < -0.4 is 0 Å². The monoisotopic (exact) mass is 164 g/mol. The first kappa shape index (κ1) is 5.57. The van der Waals surface area contributed by atoms with Crippen LogP contribution in [0.2, 0.25) is 0 Å². The van der Waals surface area contributed by atoms with Crippen LogP contribution in [0.5, 0.6) is 0 Å². The second-order valence-electron chi connectivity index (χ2n) is 1.95. The van der Waals surface area contributed by atoms with E-state index in [1.54, 1.807) is 0 Å². The highest BCUT2D eigenvalue weighted by Crippen LogP contribution is 2.20. The summed E-state index contributed by atoms with van der Waals surface area (Å²) in [5, 5.41) is 1.09. The Labute approximate surface area is 52.2 Å². The van der Waals surface area contributed by atoms with Gasteiger partial charge in [-0.05, 0) is 6.92 Å². The standard InChI is InChI=1S/C5H9BrO/c1-4-5(2-6)3-7-4/h4-5H,2-3H2,1H3. The zero-order valence-electron chi connectivity index (χ0n) is 4.36. The van der Waals surface area contributed by atoms with Crippen molar-refractivity contribution in [3.63, 3.8) is 0 Å². The van der Waals surface area contributed by atoms with Crippen molar-refractivity contribution < 1.29 is 4.74 Å². The maximum absolute atomic E-state index is 5.10. The Balaban J connectivity index is 2.16. The maximum atomic E-state index is 5.10. The minimum Gasteiger partial charge on any atom is -0.378 e. The number of rotatable bonds is 1. The average molecular weight is 165 g/mol. The minimum absolute atomic E-state index is 0.499. The number of halogens is 1. The van der Waals surface area contributed by atoms with E-state index in [-0.39, 0.29) is 0 Å². The summed E-state index contributed by atoms with van der Waals surface area (Å²) in [6.45, 7) is 3.06. The molecule has 42 valence electrons. The molecule has 1 saturated heterocycles. The molecular formula is C5H9BrO. The van der Waals surface area contributed by atoms with Crippen molar-refractivity contribution in [2.24, 2.45) is 5.92 Å². The van der Waals surface area contributed by atoms with Gasteiger partial charge in [-0.25, -0.2) is 0 Å². The van der Waals surface area contributed by atoms with Crippen molar-refractivity contribution >= 4 is 15.9 Å². The van der Waals surface area contributed by atoms with Gasteiger partial charge >= 0.3 is 0 Å². The molecule has 1 heterocycles. The molecule has 0 aromatic heterocycles. The molecule has 0 bridgehead atoms. The van der Waals surface area contributed by atoms with E-state index in [0.717, 1.165) is 17.9 Å². The smallest absolute Gasteiger partial charge is 0.0605 e. The second kappa shape index (κ2) is 2.14. The molecule has 0 radical (unpaired) electrons. The van der Waals surface area contributed by atoms with Crippen molar-refractivity contribution in [2.45, 2.75) is 13.0 Å². The lowest BCUT2D eigenvalue weighted by Gasteiger charge is -2.32. The molecule has 2 unspecified atom stereocenters. The number of alkyl halides is 1. The fourth-order valence-corrected chi connectivity index (χ4v) is 1.31. The first-order valence-corrected chi connectivity index (χ1v) is 3.64. The molecule has 1 nitrogen and oxygen atoms in total. The first-order valence-electron chi connectivity index (χ1n) is 2.52. The van der Waals surface area contributed by atoms with Crippen LogP contribution in [0.15, 0.2) is 0 Å². The summed E-state index contributed by atoms with van der Waals surface area (Å²) in [5.74, 6) is 0.778. The lowest BCUT2D eigenvalue weighted by molar-refractivity contribution is -0.0909. The highest BCUT2D eigenvalue weighted by atomic mass is 79.9. The van der Waals surface area contributed by atoms with Crippen LogP contribution in [0.4, 0.5) is 0 Å². The Morgan fingerprint density at radius 2 is 2.57 bits per heavy atom. The summed E-state index contributed by atoms with van der Waals surface area (Å²) in [7, 11) is 0. The Hall–Kier alpha value is 0.440. The number of hydrogen-bond donors (Lipinski definition) is 0. The van der Waals surface area contributed by atoms with Gasteiger partial charge in [0.2, 0.25) is 0 Å². The third kappa shape index (κ3) is 0.970. The van der Waals surface area contributed by atoms with Gasteiger partial charge in [-0.3, -0.25) is 0 Å². The van der Waals surface area contributed by atoms with Gasteiger partial charge in [0.1, 0.15) is 0 Å². The van der Waals surface area contributed by atoms with Gasteiger partial charge in [0.05, 0.1) is 12.7 Å². The van der Waals surface area contributed by atoms with Gasteiger partial charge in [-0.1, -0.05) is 15.9 Å². The summed E-state index contributed by atoms with van der Waals surface area (Å²) in [5.41, 5.74) is 0. The van der Waals surface area contributed by atoms with E-state index in [1.165, 1.54) is 0 Å². The molecule has 0 aromatic rings. The van der Waals surface area contributed by atoms with E-state index in [0.29, 0.717) is 6.10 Å². The van der Waals surface area contributed by atoms with Crippen molar-refractivity contribution in [3.8, 4) is 0 Å². The quantitative estimate of drug-likeness (QED) is 0.534. The lowest BCUT2D eigenvalue weighted by atomic mass is 10.0. The van der Waals surface area contributed by atoms with Crippen molar-refractivity contribution in [1.82, 2.24) is 0 Å². The normalized spacial score (nSPS) is 40.3. The van der Waals surface area contributed by atoms with E-state index in [1.807, 2.05) is 0 Å². The van der Waals surface area contributed by atoms with E-state index in [9.17, 15) is 0 Å². The molecule has 0 N–H and O–H groups in total. The second-order valence-corrected chi connectivity index (χ2v) is 2.60. The highest BCUT2D eigenvalue weighted by molar-refractivity contribution is 9.09. The summed E-state index contributed by atoms with van der Waals surface area (Å²) >= 11 is 3.39. The van der Waals surface area contributed by atoms with Crippen molar-refractivity contribution in [2.75, 3.05) is 11.9 Å². The first-order chi connectivity index (χ1) is 3.34. The molecule has 2 heteroatoms. The molecule has 0 spiro atoms. The summed E-state index contributed by atoms with van der Waals surface area (Å²) in [6.07, 6.45) is 0.499. The van der Waals surface area contributed by atoms with E-state index in [4.69, 9.17) is 4.74 Å². The predicted molar refractivity (Wildman–Crippen MR) is 32.7 cm³/mol. The molecule has 1 rings (SSSR count). The molecule has 1 aliphatic heterocycles. The predicted octanol–water partition coefficient (Wildman–Crippen LogP) is 1.42. The maximum Gasteiger partial charge on any atom is 0.0605 e. The van der Waals surface area contributed by atoms with E-state index in [2.05, 4.69) is 22.9 Å². The summed E-state index contributed by atoms with van der Waals surface area (Å²) in [6, 6.07) is 0. The zero-order chi connectivity index (χ0) is 5.28. The van der Waals surface area contributed by atoms with Crippen LogP contribution in [-0.4, -0.2) is 18.0 Å². The van der Waals surface area contributed by atoms with Crippen LogP contribution in [0, 0.1) is 5.92 Å². The third-order valence-electron chi connectivity index (χ3n) is 1.44. The fraction of sp³-hybridized carbons (Fsp3) is 1.00. The molecule has 0 saturated carbocycles. The molecule has 7 heavy (non-hydrogen) atoms. The fourth-order valence-electron chi connectivity index (χ4n) is 0.595. The zero-order valence-corrected chi connectivity index (χ0v) is 5.94. The molecular weight excluding hydrogens is 156 g/mol. The van der Waals surface area contributed by atoms with Gasteiger partial charge in [0.25, 0.3) is 0 Å². The summed E-state index contributed by atoms with van der Waals surface area (Å²) in [4.78, 5) is 0. The molecule has 0 amide bonds. The van der Waals surface area contributed by atoms with Crippen LogP contribution >= 0.6 is 15.9 Å². The van der Waals surface area contributed by atoms with Crippen LogP contribution in [0.3, 0.4) is 0 Å². The van der Waals surface area contributed by atoms with Gasteiger partial charge in [-0.15, -0.1) is 0 Å². The van der Waals surface area contributed by atoms with Crippen molar-refractivity contribution in [1.29, 1.82) is 0 Å². The minimum atomic E-state index is 0.499. The number of ether oxygens (including phenoxy) is 1. The third-order valence-corrected chi connectivity index (χ3v) is 2.27. The number of hydrogen-bond acceptors (Lipinski definition) is 1. The average Bonchev–Trinajstić information content (AvgIpc) is 1.65.